The minimum atomic E-state index is -0.0326. The summed E-state index contributed by atoms with van der Waals surface area (Å²) in [5.74, 6) is -0.0326. The highest BCUT2D eigenvalue weighted by Crippen LogP contribution is 2.00. The molecule has 0 aliphatic rings. The van der Waals surface area contributed by atoms with E-state index in [-0.39, 0.29) is 11.9 Å². The summed E-state index contributed by atoms with van der Waals surface area (Å²) in [7, 11) is 0. The normalized spacial score (nSPS) is 11.9. The van der Waals surface area contributed by atoms with Crippen LogP contribution in [0.15, 0.2) is 11.6 Å². The van der Waals surface area contributed by atoms with E-state index in [1.165, 1.54) is 0 Å². The highest BCUT2D eigenvalue weighted by Gasteiger charge is 2.02. The van der Waals surface area contributed by atoms with Gasteiger partial charge in [0.05, 0.1) is 0 Å². The van der Waals surface area contributed by atoms with Crippen molar-refractivity contribution in [3.8, 4) is 0 Å². The first-order chi connectivity index (χ1) is 6.57. The lowest BCUT2D eigenvalue weighted by Gasteiger charge is -2.09. The second kappa shape index (κ2) is 7.56. The molecule has 0 heterocycles. The lowest BCUT2D eigenvalue weighted by Crippen LogP contribution is -2.42. The molecule has 3 heteroatoms. The van der Waals surface area contributed by atoms with Gasteiger partial charge in [-0.3, -0.25) is 10.2 Å². The van der Waals surface area contributed by atoms with Gasteiger partial charge in [-0.15, -0.1) is 0 Å². The lowest BCUT2D eigenvalue weighted by atomic mass is 10.2. The van der Waals surface area contributed by atoms with Crippen molar-refractivity contribution in [2.45, 2.75) is 53.0 Å². The third kappa shape index (κ3) is 6.66. The van der Waals surface area contributed by atoms with Crippen molar-refractivity contribution >= 4 is 5.91 Å². The first-order valence-electron chi connectivity index (χ1n) is 5.30. The summed E-state index contributed by atoms with van der Waals surface area (Å²) < 4.78 is 0. The van der Waals surface area contributed by atoms with Crippen LogP contribution in [0.2, 0.25) is 0 Å². The Morgan fingerprint density at radius 3 is 2.57 bits per heavy atom. The minimum Gasteiger partial charge on any atom is -0.288 e. The van der Waals surface area contributed by atoms with Crippen LogP contribution in [0, 0.1) is 0 Å². The van der Waals surface area contributed by atoms with E-state index in [9.17, 15) is 4.79 Å². The molecular weight excluding hydrogens is 176 g/mol. The van der Waals surface area contributed by atoms with Crippen LogP contribution < -0.4 is 10.9 Å². The zero-order valence-electron chi connectivity index (χ0n) is 9.68. The molecule has 0 saturated heterocycles. The summed E-state index contributed by atoms with van der Waals surface area (Å²) in [5, 5.41) is 0. The molecule has 0 atom stereocenters. The average Bonchev–Trinajstić information content (AvgIpc) is 2.14. The zero-order valence-corrected chi connectivity index (χ0v) is 9.68. The van der Waals surface area contributed by atoms with Gasteiger partial charge in [-0.2, -0.15) is 0 Å². The Morgan fingerprint density at radius 2 is 2.07 bits per heavy atom. The highest BCUT2D eigenvalue weighted by atomic mass is 16.2. The summed E-state index contributed by atoms with van der Waals surface area (Å²) in [6.45, 7) is 7.95. The maximum absolute atomic E-state index is 11.4. The fourth-order valence-corrected chi connectivity index (χ4v) is 0.924. The molecule has 0 aliphatic heterocycles. The van der Waals surface area contributed by atoms with Crippen LogP contribution in [0.3, 0.4) is 0 Å². The number of hydrazine groups is 1. The van der Waals surface area contributed by atoms with Gasteiger partial charge in [-0.1, -0.05) is 25.8 Å². The summed E-state index contributed by atoms with van der Waals surface area (Å²) in [6, 6.07) is 0.266. The molecule has 0 aromatic rings. The monoisotopic (exact) mass is 198 g/mol. The number of hydrogen-bond donors (Lipinski definition) is 2. The smallest absolute Gasteiger partial charge is 0.260 e. The van der Waals surface area contributed by atoms with Crippen molar-refractivity contribution in [2.75, 3.05) is 0 Å². The summed E-state index contributed by atoms with van der Waals surface area (Å²) >= 11 is 0. The van der Waals surface area contributed by atoms with Gasteiger partial charge < -0.3 is 0 Å². The van der Waals surface area contributed by atoms with E-state index in [0.29, 0.717) is 0 Å². The molecule has 0 radical (unpaired) electrons. The van der Waals surface area contributed by atoms with E-state index in [0.717, 1.165) is 24.8 Å². The van der Waals surface area contributed by atoms with Crippen molar-refractivity contribution in [3.63, 3.8) is 0 Å². The van der Waals surface area contributed by atoms with Gasteiger partial charge in [-0.25, -0.2) is 5.43 Å². The van der Waals surface area contributed by atoms with Crippen molar-refractivity contribution in [1.29, 1.82) is 0 Å². The van der Waals surface area contributed by atoms with Crippen LogP contribution in [0.1, 0.15) is 47.0 Å². The van der Waals surface area contributed by atoms with E-state index in [2.05, 4.69) is 17.8 Å². The van der Waals surface area contributed by atoms with E-state index in [4.69, 9.17) is 0 Å². The first kappa shape index (κ1) is 13.2. The molecule has 0 unspecified atom stereocenters. The molecule has 0 fully saturated rings. The summed E-state index contributed by atoms with van der Waals surface area (Å²) in [5.41, 5.74) is 6.31. The molecule has 0 aromatic heterocycles. The Labute approximate surface area is 86.9 Å². The maximum atomic E-state index is 11.4. The van der Waals surface area contributed by atoms with Crippen LogP contribution in [-0.2, 0) is 4.79 Å². The Kier molecular flexibility index (Phi) is 7.11. The number of rotatable bonds is 6. The third-order valence-corrected chi connectivity index (χ3v) is 1.84. The molecule has 0 bridgehead atoms. The molecule has 2 N–H and O–H groups in total. The van der Waals surface area contributed by atoms with Crippen molar-refractivity contribution in [3.05, 3.63) is 11.6 Å². The van der Waals surface area contributed by atoms with Gasteiger partial charge in [-0.05, 0) is 27.2 Å². The van der Waals surface area contributed by atoms with E-state index in [1.807, 2.05) is 26.8 Å². The van der Waals surface area contributed by atoms with Gasteiger partial charge in [0.1, 0.15) is 0 Å². The van der Waals surface area contributed by atoms with Gasteiger partial charge in [0.15, 0.2) is 0 Å². The Balaban J connectivity index is 3.80. The second-order valence-corrected chi connectivity index (χ2v) is 3.78. The van der Waals surface area contributed by atoms with Gasteiger partial charge in [0.25, 0.3) is 5.91 Å². The molecule has 0 spiro atoms. The first-order valence-corrected chi connectivity index (χ1v) is 5.30. The predicted molar refractivity (Wildman–Crippen MR) is 59.7 cm³/mol. The van der Waals surface area contributed by atoms with Crippen molar-refractivity contribution in [1.82, 2.24) is 10.9 Å². The minimum absolute atomic E-state index is 0.0326. The number of unbranched alkanes of at least 4 members (excludes halogenated alkanes) is 2. The molecular formula is C11H22N2O. The second-order valence-electron chi connectivity index (χ2n) is 3.78. The average molecular weight is 198 g/mol. The van der Waals surface area contributed by atoms with E-state index < -0.39 is 0 Å². The highest BCUT2D eigenvalue weighted by molar-refractivity contribution is 5.92. The molecule has 14 heavy (non-hydrogen) atoms. The number of hydrogen-bond acceptors (Lipinski definition) is 2. The predicted octanol–water partition coefficient (Wildman–Crippen LogP) is 2.15. The maximum Gasteiger partial charge on any atom is 0.260 e. The van der Waals surface area contributed by atoms with E-state index >= 15 is 0 Å². The molecule has 0 saturated carbocycles. The van der Waals surface area contributed by atoms with E-state index in [1.54, 1.807) is 0 Å². The molecule has 1 amide bonds. The quantitative estimate of drug-likeness (QED) is 0.390. The van der Waals surface area contributed by atoms with Gasteiger partial charge in [0.2, 0.25) is 0 Å². The third-order valence-electron chi connectivity index (χ3n) is 1.84. The fraction of sp³-hybridized carbons (Fsp3) is 0.727. The van der Waals surface area contributed by atoms with Crippen LogP contribution in [0.4, 0.5) is 0 Å². The molecule has 0 aromatic carbocycles. The largest absolute Gasteiger partial charge is 0.288 e. The standard InChI is InChI=1S/C11H22N2O/c1-5-6-7-8-10(4)11(14)13-12-9(2)3/h8-9,12H,5-7H2,1-4H3,(H,13,14). The topological polar surface area (TPSA) is 41.1 Å². The number of amides is 1. The number of allylic oxidation sites excluding steroid dienone is 1. The number of carbonyl (C=O) groups excluding carboxylic acids is 1. The van der Waals surface area contributed by atoms with Crippen LogP contribution in [-0.4, -0.2) is 11.9 Å². The number of carbonyl (C=O) groups is 1. The summed E-state index contributed by atoms with van der Waals surface area (Å²) in [4.78, 5) is 11.4. The SMILES string of the molecule is CCCCC=C(C)C(=O)NNC(C)C. The Bertz CT molecular complexity index is 197. The molecule has 0 rings (SSSR count). The number of nitrogens with one attached hydrogen (secondary N) is 2. The fourth-order valence-electron chi connectivity index (χ4n) is 0.924. The molecule has 3 nitrogen and oxygen atoms in total. The lowest BCUT2D eigenvalue weighted by molar-refractivity contribution is -0.118. The zero-order chi connectivity index (χ0) is 11.0. The molecule has 0 aliphatic carbocycles. The Hall–Kier alpha value is -0.830. The summed E-state index contributed by atoms with van der Waals surface area (Å²) in [6.07, 6.45) is 5.27. The van der Waals surface area contributed by atoms with Crippen molar-refractivity contribution in [2.24, 2.45) is 0 Å². The van der Waals surface area contributed by atoms with Gasteiger partial charge >= 0.3 is 0 Å². The van der Waals surface area contributed by atoms with Crippen molar-refractivity contribution < 1.29 is 4.79 Å². The van der Waals surface area contributed by atoms with Crippen LogP contribution in [0.5, 0.6) is 0 Å². The Morgan fingerprint density at radius 1 is 1.43 bits per heavy atom. The van der Waals surface area contributed by atoms with Gasteiger partial charge in [0, 0.05) is 11.6 Å². The molecule has 82 valence electrons. The van der Waals surface area contributed by atoms with Crippen LogP contribution in [0.25, 0.3) is 0 Å². The van der Waals surface area contributed by atoms with Crippen LogP contribution >= 0.6 is 0 Å².